The summed E-state index contributed by atoms with van der Waals surface area (Å²) >= 11 is 0. The van der Waals surface area contributed by atoms with Crippen molar-refractivity contribution in [1.29, 1.82) is 0 Å². The molecule has 1 nitrogen and oxygen atoms in total. The van der Waals surface area contributed by atoms with Crippen molar-refractivity contribution in [2.75, 3.05) is 0 Å². The molecule has 1 aliphatic rings. The zero-order valence-corrected chi connectivity index (χ0v) is 7.60. The van der Waals surface area contributed by atoms with Crippen LogP contribution in [-0.4, -0.2) is 5.78 Å². The second-order valence-electron chi connectivity index (χ2n) is 3.25. The van der Waals surface area contributed by atoms with Crippen molar-refractivity contribution >= 4 is 5.78 Å². The average molecular weight is 187 g/mol. The predicted molar refractivity (Wildman–Crippen MR) is 57.1 cm³/mol. The van der Waals surface area contributed by atoms with E-state index in [2.05, 4.69) is 0 Å². The summed E-state index contributed by atoms with van der Waals surface area (Å²) in [6.45, 7) is -2.16. The quantitative estimate of drug-likeness (QED) is 0.660. The van der Waals surface area contributed by atoms with Crippen LogP contribution in [0, 0.1) is 0 Å². The monoisotopic (exact) mass is 187 g/mol. The minimum atomic E-state index is -2.16. The molecule has 0 radical (unpaired) electrons. The van der Waals surface area contributed by atoms with Crippen molar-refractivity contribution in [2.24, 2.45) is 0 Å². The Balaban J connectivity index is 2.38. The van der Waals surface area contributed by atoms with Crippen molar-refractivity contribution in [1.82, 2.24) is 0 Å². The lowest BCUT2D eigenvalue weighted by atomic mass is 9.89. The molecule has 1 aromatic rings. The SMILES string of the molecule is [2H]C([2H])([2H])C1=CC(c2ccccc2)C(=O)C=C1. The molecule has 0 bridgehead atoms. The fraction of sp³-hybridized carbons (Fsp3) is 0.154. The van der Waals surface area contributed by atoms with Gasteiger partial charge in [-0.15, -0.1) is 0 Å². The van der Waals surface area contributed by atoms with Crippen molar-refractivity contribution in [2.45, 2.75) is 12.8 Å². The van der Waals surface area contributed by atoms with Gasteiger partial charge >= 0.3 is 0 Å². The lowest BCUT2D eigenvalue weighted by Crippen LogP contribution is -2.10. The lowest BCUT2D eigenvalue weighted by Gasteiger charge is -2.13. The Labute approximate surface area is 88.0 Å². The first-order valence-corrected chi connectivity index (χ1v) is 4.47. The number of hydrogen-bond donors (Lipinski definition) is 0. The summed E-state index contributed by atoms with van der Waals surface area (Å²) in [6, 6.07) is 9.19. The molecular weight excluding hydrogens is 172 g/mol. The molecule has 0 N–H and O–H groups in total. The summed E-state index contributed by atoms with van der Waals surface area (Å²) in [7, 11) is 0. The maximum atomic E-state index is 11.8. The van der Waals surface area contributed by atoms with E-state index in [0.717, 1.165) is 5.56 Å². The fourth-order valence-electron chi connectivity index (χ4n) is 1.51. The highest BCUT2D eigenvalue weighted by atomic mass is 16.1. The first kappa shape index (κ1) is 5.97. The van der Waals surface area contributed by atoms with Crippen LogP contribution in [0.3, 0.4) is 0 Å². The van der Waals surface area contributed by atoms with E-state index in [1.807, 2.05) is 30.3 Å². The Morgan fingerprint density at radius 3 is 2.71 bits per heavy atom. The van der Waals surface area contributed by atoms with Gasteiger partial charge in [-0.3, -0.25) is 4.79 Å². The van der Waals surface area contributed by atoms with E-state index in [1.54, 1.807) is 0 Å². The molecule has 2 rings (SSSR count). The molecule has 0 heterocycles. The number of benzene rings is 1. The van der Waals surface area contributed by atoms with E-state index in [4.69, 9.17) is 4.11 Å². The molecule has 14 heavy (non-hydrogen) atoms. The third-order valence-electron chi connectivity index (χ3n) is 2.24. The summed E-state index contributed by atoms with van der Waals surface area (Å²) < 4.78 is 22.0. The van der Waals surface area contributed by atoms with E-state index in [9.17, 15) is 4.79 Å². The first-order valence-electron chi connectivity index (χ1n) is 5.97. The molecule has 1 aromatic carbocycles. The molecular formula is C13H12O. The molecule has 1 atom stereocenters. The van der Waals surface area contributed by atoms with E-state index in [0.29, 0.717) is 0 Å². The van der Waals surface area contributed by atoms with Gasteiger partial charge in [0.2, 0.25) is 0 Å². The minimum absolute atomic E-state index is 0.0794. The van der Waals surface area contributed by atoms with Crippen LogP contribution in [-0.2, 0) is 4.79 Å². The summed E-state index contributed by atoms with van der Waals surface area (Å²) in [5.74, 6) is -0.555. The third kappa shape index (κ3) is 1.67. The van der Waals surface area contributed by atoms with Crippen molar-refractivity contribution in [3.8, 4) is 0 Å². The Morgan fingerprint density at radius 1 is 1.21 bits per heavy atom. The standard InChI is InChI=1S/C13H12O/c1-10-7-8-13(14)12(9-10)11-5-3-2-4-6-11/h2-9,12H,1H3/i1D3. The van der Waals surface area contributed by atoms with E-state index >= 15 is 0 Å². The smallest absolute Gasteiger partial charge is 0.166 e. The van der Waals surface area contributed by atoms with Crippen LogP contribution in [0.5, 0.6) is 0 Å². The highest BCUT2D eigenvalue weighted by Crippen LogP contribution is 2.23. The number of hydrogen-bond acceptors (Lipinski definition) is 1. The molecule has 1 unspecified atom stereocenters. The molecule has 1 heteroatoms. The summed E-state index contributed by atoms with van der Waals surface area (Å²) in [5.41, 5.74) is 1.05. The van der Waals surface area contributed by atoms with E-state index < -0.39 is 12.8 Å². The Bertz CT molecular complexity index is 483. The molecule has 0 saturated carbocycles. The van der Waals surface area contributed by atoms with Crippen LogP contribution >= 0.6 is 0 Å². The first-order chi connectivity index (χ1) is 7.98. The number of ketones is 1. The van der Waals surface area contributed by atoms with E-state index in [1.165, 1.54) is 18.2 Å². The summed E-state index contributed by atoms with van der Waals surface area (Å²) in [6.07, 6.45) is 4.26. The van der Waals surface area contributed by atoms with Gasteiger partial charge in [0.1, 0.15) is 0 Å². The van der Waals surface area contributed by atoms with Gasteiger partial charge in [-0.2, -0.15) is 0 Å². The van der Waals surface area contributed by atoms with Crippen molar-refractivity contribution < 1.29 is 8.91 Å². The van der Waals surface area contributed by atoms with Gasteiger partial charge in [0, 0.05) is 4.11 Å². The lowest BCUT2D eigenvalue weighted by molar-refractivity contribution is -0.115. The van der Waals surface area contributed by atoms with Gasteiger partial charge < -0.3 is 0 Å². The third-order valence-corrected chi connectivity index (χ3v) is 2.24. The second kappa shape index (κ2) is 3.62. The maximum Gasteiger partial charge on any atom is 0.166 e. The normalized spacial score (nSPS) is 24.9. The second-order valence-corrected chi connectivity index (χ2v) is 3.25. The maximum absolute atomic E-state index is 11.8. The van der Waals surface area contributed by atoms with Gasteiger partial charge in [-0.1, -0.05) is 48.1 Å². The van der Waals surface area contributed by atoms with Crippen molar-refractivity contribution in [3.05, 3.63) is 59.7 Å². The van der Waals surface area contributed by atoms with Gasteiger partial charge in [-0.05, 0) is 18.5 Å². The van der Waals surface area contributed by atoms with Crippen molar-refractivity contribution in [3.63, 3.8) is 0 Å². The Kier molecular flexibility index (Phi) is 1.54. The van der Waals surface area contributed by atoms with Gasteiger partial charge in [0.25, 0.3) is 0 Å². The number of allylic oxidation sites excluding steroid dienone is 4. The van der Waals surface area contributed by atoms with Gasteiger partial charge in [0.15, 0.2) is 5.78 Å². The number of carbonyl (C=O) groups is 1. The molecule has 1 aliphatic carbocycles. The molecule has 0 saturated heterocycles. The van der Waals surface area contributed by atoms with Crippen LogP contribution in [0.1, 0.15) is 22.4 Å². The fourth-order valence-corrected chi connectivity index (χ4v) is 1.51. The zero-order valence-electron chi connectivity index (χ0n) is 10.6. The van der Waals surface area contributed by atoms with Crippen LogP contribution in [0.4, 0.5) is 0 Å². The van der Waals surface area contributed by atoms with Gasteiger partial charge in [0.05, 0.1) is 5.92 Å². The largest absolute Gasteiger partial charge is 0.294 e. The van der Waals surface area contributed by atoms with Crippen LogP contribution < -0.4 is 0 Å². The summed E-state index contributed by atoms with van der Waals surface area (Å²) in [5, 5.41) is 0. The highest BCUT2D eigenvalue weighted by molar-refractivity contribution is 5.98. The Morgan fingerprint density at radius 2 is 2.00 bits per heavy atom. The van der Waals surface area contributed by atoms with Crippen LogP contribution in [0.25, 0.3) is 0 Å². The average Bonchev–Trinajstić information content (AvgIpc) is 2.29. The number of carbonyl (C=O) groups excluding carboxylic acids is 1. The Hall–Kier alpha value is -1.63. The molecule has 0 amide bonds. The summed E-state index contributed by atoms with van der Waals surface area (Å²) in [4.78, 5) is 11.8. The molecule has 0 aliphatic heterocycles. The van der Waals surface area contributed by atoms with Crippen LogP contribution in [0.2, 0.25) is 0 Å². The van der Waals surface area contributed by atoms with E-state index in [-0.39, 0.29) is 11.4 Å². The molecule has 0 aromatic heterocycles. The predicted octanol–water partition coefficient (Wildman–Crippen LogP) is 2.86. The molecule has 0 fully saturated rings. The topological polar surface area (TPSA) is 17.1 Å². The molecule has 0 spiro atoms. The highest BCUT2D eigenvalue weighted by Gasteiger charge is 2.17. The van der Waals surface area contributed by atoms with Crippen LogP contribution in [0.15, 0.2) is 54.1 Å². The zero-order chi connectivity index (χ0) is 12.5. The van der Waals surface area contributed by atoms with Gasteiger partial charge in [-0.25, -0.2) is 0 Å². The molecule has 70 valence electrons. The minimum Gasteiger partial charge on any atom is -0.294 e. The number of rotatable bonds is 1.